The van der Waals surface area contributed by atoms with E-state index in [4.69, 9.17) is 4.74 Å². The van der Waals surface area contributed by atoms with Crippen molar-refractivity contribution in [3.8, 4) is 5.75 Å². The minimum Gasteiger partial charge on any atom is -0.477 e. The minimum atomic E-state index is -0.600. The van der Waals surface area contributed by atoms with Crippen LogP contribution in [0.5, 0.6) is 5.75 Å². The van der Waals surface area contributed by atoms with Crippen molar-refractivity contribution in [2.24, 2.45) is 0 Å². The predicted molar refractivity (Wildman–Crippen MR) is 126 cm³/mol. The van der Waals surface area contributed by atoms with Crippen molar-refractivity contribution in [1.82, 2.24) is 4.90 Å². The second-order valence-electron chi connectivity index (χ2n) is 8.45. The number of ether oxygens (including phenoxy) is 1. The van der Waals surface area contributed by atoms with E-state index >= 15 is 0 Å². The van der Waals surface area contributed by atoms with E-state index in [0.29, 0.717) is 12.3 Å². The molecule has 0 spiro atoms. The van der Waals surface area contributed by atoms with Crippen LogP contribution in [0.15, 0.2) is 66.7 Å². The zero-order valence-electron chi connectivity index (χ0n) is 18.0. The van der Waals surface area contributed by atoms with Gasteiger partial charge in [-0.2, -0.15) is 0 Å². The van der Waals surface area contributed by atoms with Crippen molar-refractivity contribution in [3.05, 3.63) is 66.7 Å². The van der Waals surface area contributed by atoms with Crippen LogP contribution >= 0.6 is 0 Å². The Bertz CT molecular complexity index is 1140. The normalized spacial score (nSPS) is 18.1. The van der Waals surface area contributed by atoms with Gasteiger partial charge in [0.25, 0.3) is 5.91 Å². The van der Waals surface area contributed by atoms with Gasteiger partial charge in [0, 0.05) is 18.8 Å². The zero-order chi connectivity index (χ0) is 21.9. The smallest absolute Gasteiger partial charge is 0.265 e. The molecule has 0 aromatic heterocycles. The number of rotatable bonds is 4. The van der Waals surface area contributed by atoms with Gasteiger partial charge in [-0.25, -0.2) is 0 Å². The number of nitrogens with zero attached hydrogens (tertiary/aromatic N) is 2. The first-order chi connectivity index (χ1) is 15.7. The molecule has 2 aliphatic rings. The molecule has 2 heterocycles. The third-order valence-electron chi connectivity index (χ3n) is 6.17. The van der Waals surface area contributed by atoms with Gasteiger partial charge in [-0.15, -0.1) is 0 Å². The Morgan fingerprint density at radius 2 is 1.66 bits per heavy atom. The Labute approximate surface area is 187 Å². The molecule has 1 N–H and O–H groups in total. The van der Waals surface area contributed by atoms with Gasteiger partial charge in [-0.3, -0.25) is 9.59 Å². The van der Waals surface area contributed by atoms with Gasteiger partial charge in [0.1, 0.15) is 5.75 Å². The summed E-state index contributed by atoms with van der Waals surface area (Å²) < 4.78 is 6.06. The van der Waals surface area contributed by atoms with Crippen molar-refractivity contribution in [2.45, 2.75) is 25.4 Å². The van der Waals surface area contributed by atoms with E-state index in [2.05, 4.69) is 5.32 Å². The fourth-order valence-corrected chi connectivity index (χ4v) is 4.54. The van der Waals surface area contributed by atoms with E-state index in [1.54, 1.807) is 0 Å². The summed E-state index contributed by atoms with van der Waals surface area (Å²) in [5, 5.41) is 5.21. The highest BCUT2D eigenvalue weighted by Crippen LogP contribution is 2.33. The molecule has 164 valence electrons. The molecular weight excluding hydrogens is 402 g/mol. The maximum Gasteiger partial charge on any atom is 0.265 e. The Morgan fingerprint density at radius 3 is 2.50 bits per heavy atom. The van der Waals surface area contributed by atoms with Gasteiger partial charge in [-0.1, -0.05) is 42.5 Å². The number of nitrogens with one attached hydrogen (secondary N) is 1. The Kier molecular flexibility index (Phi) is 5.67. The number of benzene rings is 3. The van der Waals surface area contributed by atoms with Crippen LogP contribution in [-0.4, -0.2) is 49.0 Å². The van der Waals surface area contributed by atoms with E-state index in [1.807, 2.05) is 76.5 Å². The lowest BCUT2D eigenvalue weighted by Crippen LogP contribution is -2.52. The quantitative estimate of drug-likeness (QED) is 0.680. The number of hydrogen-bond acceptors (Lipinski definition) is 4. The molecule has 0 bridgehead atoms. The second-order valence-corrected chi connectivity index (χ2v) is 8.45. The van der Waals surface area contributed by atoms with Crippen LogP contribution in [0.2, 0.25) is 0 Å². The Morgan fingerprint density at radius 1 is 0.906 bits per heavy atom. The highest BCUT2D eigenvalue weighted by Gasteiger charge is 2.34. The van der Waals surface area contributed by atoms with Crippen molar-refractivity contribution in [1.29, 1.82) is 0 Å². The predicted octanol–water partition coefficient (Wildman–Crippen LogP) is 4.06. The number of carbonyl (C=O) groups is 2. The van der Waals surface area contributed by atoms with Crippen LogP contribution in [0.4, 0.5) is 11.4 Å². The molecule has 3 aromatic carbocycles. The first-order valence-corrected chi connectivity index (χ1v) is 11.3. The number of para-hydroxylation sites is 2. The molecule has 1 fully saturated rings. The Hall–Kier alpha value is -3.54. The summed E-state index contributed by atoms with van der Waals surface area (Å²) in [7, 11) is 0. The summed E-state index contributed by atoms with van der Waals surface area (Å²) in [6.07, 6.45) is 2.63. The number of anilines is 2. The molecular formula is C26H27N3O3. The SMILES string of the molecule is O=C(CN1CC(C(=O)N2CCCCC2)Oc2ccccc21)Nc1ccc2ccccc2c1. The molecule has 6 nitrogen and oxygen atoms in total. The van der Waals surface area contributed by atoms with Gasteiger partial charge in [0.05, 0.1) is 18.8 Å². The van der Waals surface area contributed by atoms with Gasteiger partial charge < -0.3 is 19.9 Å². The molecule has 0 aliphatic carbocycles. The van der Waals surface area contributed by atoms with Crippen LogP contribution in [-0.2, 0) is 9.59 Å². The lowest BCUT2D eigenvalue weighted by molar-refractivity contribution is -0.139. The van der Waals surface area contributed by atoms with Crippen LogP contribution in [0, 0.1) is 0 Å². The molecule has 2 amide bonds. The molecule has 32 heavy (non-hydrogen) atoms. The molecule has 0 saturated carbocycles. The van der Waals surface area contributed by atoms with E-state index in [0.717, 1.165) is 48.1 Å². The summed E-state index contributed by atoms with van der Waals surface area (Å²) in [4.78, 5) is 29.8. The second kappa shape index (κ2) is 8.91. The van der Waals surface area contributed by atoms with Crippen LogP contribution in [0.25, 0.3) is 10.8 Å². The molecule has 1 atom stereocenters. The topological polar surface area (TPSA) is 61.9 Å². The summed E-state index contributed by atoms with van der Waals surface area (Å²) >= 11 is 0. The van der Waals surface area contributed by atoms with E-state index in [1.165, 1.54) is 6.42 Å². The van der Waals surface area contributed by atoms with Gasteiger partial charge in [0.2, 0.25) is 5.91 Å². The van der Waals surface area contributed by atoms with Gasteiger partial charge in [0.15, 0.2) is 6.10 Å². The Balaban J connectivity index is 1.31. The number of fused-ring (bicyclic) bond motifs is 2. The zero-order valence-corrected chi connectivity index (χ0v) is 18.0. The van der Waals surface area contributed by atoms with Gasteiger partial charge >= 0.3 is 0 Å². The third-order valence-corrected chi connectivity index (χ3v) is 6.17. The molecule has 0 radical (unpaired) electrons. The largest absolute Gasteiger partial charge is 0.477 e. The fraction of sp³-hybridized carbons (Fsp3) is 0.308. The number of hydrogen-bond donors (Lipinski definition) is 1. The maximum atomic E-state index is 13.1. The number of amides is 2. The van der Waals surface area contributed by atoms with Crippen molar-refractivity contribution < 1.29 is 14.3 Å². The molecule has 1 saturated heterocycles. The maximum absolute atomic E-state index is 13.1. The molecule has 1 unspecified atom stereocenters. The standard InChI is InChI=1S/C26H27N3O3/c30-25(27-21-13-12-19-8-2-3-9-20(19)16-21)18-29-17-24(26(31)28-14-6-1-7-15-28)32-23-11-5-4-10-22(23)29/h2-5,8-13,16,24H,1,6-7,14-15,17-18H2,(H,27,30). The molecule has 2 aliphatic heterocycles. The monoisotopic (exact) mass is 429 g/mol. The van der Waals surface area contributed by atoms with Crippen molar-refractivity contribution >= 4 is 34.0 Å². The first-order valence-electron chi connectivity index (χ1n) is 11.3. The highest BCUT2D eigenvalue weighted by atomic mass is 16.5. The summed E-state index contributed by atoms with van der Waals surface area (Å²) in [5.74, 6) is 0.535. The van der Waals surface area contributed by atoms with E-state index in [-0.39, 0.29) is 18.4 Å². The van der Waals surface area contributed by atoms with Crippen molar-refractivity contribution in [2.75, 3.05) is 36.4 Å². The van der Waals surface area contributed by atoms with Crippen LogP contribution in [0.1, 0.15) is 19.3 Å². The average Bonchev–Trinajstić information content (AvgIpc) is 2.84. The van der Waals surface area contributed by atoms with E-state index in [9.17, 15) is 9.59 Å². The lowest BCUT2D eigenvalue weighted by Gasteiger charge is -2.38. The number of piperidine rings is 1. The molecule has 5 rings (SSSR count). The number of likely N-dealkylation sites (tertiary alicyclic amines) is 1. The molecule has 3 aromatic rings. The fourth-order valence-electron chi connectivity index (χ4n) is 4.54. The summed E-state index contributed by atoms with van der Waals surface area (Å²) in [5.41, 5.74) is 1.60. The summed E-state index contributed by atoms with van der Waals surface area (Å²) in [6, 6.07) is 21.5. The van der Waals surface area contributed by atoms with E-state index < -0.39 is 6.10 Å². The minimum absolute atomic E-state index is 0.0131. The molecule has 6 heteroatoms. The van der Waals surface area contributed by atoms with Crippen LogP contribution < -0.4 is 15.0 Å². The third kappa shape index (κ3) is 4.26. The van der Waals surface area contributed by atoms with Crippen molar-refractivity contribution in [3.63, 3.8) is 0 Å². The number of carbonyl (C=O) groups excluding carboxylic acids is 2. The summed E-state index contributed by atoms with van der Waals surface area (Å²) in [6.45, 7) is 2.07. The van der Waals surface area contributed by atoms with Crippen LogP contribution in [0.3, 0.4) is 0 Å². The average molecular weight is 430 g/mol. The highest BCUT2D eigenvalue weighted by molar-refractivity contribution is 5.97. The van der Waals surface area contributed by atoms with Gasteiger partial charge in [-0.05, 0) is 54.3 Å². The lowest BCUT2D eigenvalue weighted by atomic mass is 10.1. The first kappa shape index (κ1) is 20.4.